The number of nitrogens with one attached hydrogen (secondary N) is 1. The van der Waals surface area contributed by atoms with Crippen molar-refractivity contribution in [3.8, 4) is 0 Å². The van der Waals surface area contributed by atoms with E-state index < -0.39 is 0 Å². The molecule has 0 atom stereocenters. The van der Waals surface area contributed by atoms with E-state index in [9.17, 15) is 9.59 Å². The molecule has 0 bridgehead atoms. The highest BCUT2D eigenvalue weighted by molar-refractivity contribution is 5.93. The van der Waals surface area contributed by atoms with E-state index in [1.165, 1.54) is 0 Å². The Balaban J connectivity index is 1.29. The molecule has 4 heterocycles. The van der Waals surface area contributed by atoms with Gasteiger partial charge < -0.3 is 14.7 Å². The zero-order chi connectivity index (χ0) is 16.9. The minimum Gasteiger partial charge on any atom is -0.336 e. The van der Waals surface area contributed by atoms with Crippen molar-refractivity contribution in [1.82, 2.24) is 24.9 Å². The van der Waals surface area contributed by atoms with Crippen molar-refractivity contribution in [2.75, 3.05) is 39.3 Å². The third kappa shape index (κ3) is 2.46. The second-order valence-electron chi connectivity index (χ2n) is 7.86. The number of carbonyl (C=O) groups excluding carboxylic acids is 2. The van der Waals surface area contributed by atoms with E-state index in [0.717, 1.165) is 57.8 Å². The number of likely N-dealkylation sites (tertiary alicyclic amines) is 3. The van der Waals surface area contributed by atoms with Crippen LogP contribution in [0.4, 0.5) is 4.79 Å². The van der Waals surface area contributed by atoms with Crippen LogP contribution in [-0.2, 0) is 0 Å². The van der Waals surface area contributed by atoms with Crippen molar-refractivity contribution >= 4 is 11.9 Å². The molecule has 3 aliphatic heterocycles. The Kier molecular flexibility index (Phi) is 3.54. The van der Waals surface area contributed by atoms with Gasteiger partial charge in [0.05, 0.1) is 0 Å². The number of rotatable bonds is 2. The molecule has 24 heavy (non-hydrogen) atoms. The van der Waals surface area contributed by atoms with E-state index in [-0.39, 0.29) is 17.4 Å². The first-order chi connectivity index (χ1) is 11.5. The second kappa shape index (κ2) is 5.50. The van der Waals surface area contributed by atoms with Gasteiger partial charge >= 0.3 is 6.03 Å². The Morgan fingerprint density at radius 1 is 1.08 bits per heavy atom. The molecule has 1 spiro atoms. The van der Waals surface area contributed by atoms with Gasteiger partial charge in [-0.1, -0.05) is 13.8 Å². The average Bonchev–Trinajstić information content (AvgIpc) is 3.15. The van der Waals surface area contributed by atoms with Gasteiger partial charge in [0.25, 0.3) is 5.91 Å². The standard InChI is InChI=1S/C17H25N5O2/c1-12(2)13-7-14(19-18-13)15(23)21-8-17(9-21)10-22(11-17)16(24)20-5-3-4-6-20/h7,12H,3-6,8-11H2,1-2H3,(H,18,19). The van der Waals surface area contributed by atoms with Crippen LogP contribution in [0.3, 0.4) is 0 Å². The molecular weight excluding hydrogens is 306 g/mol. The van der Waals surface area contributed by atoms with Crippen LogP contribution in [0.15, 0.2) is 6.07 Å². The summed E-state index contributed by atoms with van der Waals surface area (Å²) < 4.78 is 0. The maximum absolute atomic E-state index is 12.5. The van der Waals surface area contributed by atoms with Crippen LogP contribution >= 0.6 is 0 Å². The molecule has 1 aromatic rings. The molecule has 3 saturated heterocycles. The number of urea groups is 1. The van der Waals surface area contributed by atoms with Gasteiger partial charge in [-0.2, -0.15) is 5.10 Å². The molecule has 0 aromatic carbocycles. The zero-order valence-electron chi connectivity index (χ0n) is 14.4. The Morgan fingerprint density at radius 2 is 1.71 bits per heavy atom. The molecule has 3 fully saturated rings. The largest absolute Gasteiger partial charge is 0.336 e. The van der Waals surface area contributed by atoms with E-state index in [1.54, 1.807) is 0 Å². The van der Waals surface area contributed by atoms with Gasteiger partial charge in [0.2, 0.25) is 0 Å². The fourth-order valence-corrected chi connectivity index (χ4v) is 4.02. The molecule has 3 aliphatic rings. The van der Waals surface area contributed by atoms with E-state index in [1.807, 2.05) is 20.8 Å². The minimum atomic E-state index is -0.00639. The van der Waals surface area contributed by atoms with E-state index in [2.05, 4.69) is 24.0 Å². The van der Waals surface area contributed by atoms with Crippen LogP contribution in [0.2, 0.25) is 0 Å². The summed E-state index contributed by atoms with van der Waals surface area (Å²) in [6.45, 7) is 8.96. The van der Waals surface area contributed by atoms with Gasteiger partial charge in [0.15, 0.2) is 0 Å². The smallest absolute Gasteiger partial charge is 0.320 e. The number of hydrogen-bond donors (Lipinski definition) is 1. The molecule has 130 valence electrons. The van der Waals surface area contributed by atoms with E-state index in [0.29, 0.717) is 11.6 Å². The lowest BCUT2D eigenvalue weighted by atomic mass is 9.73. The molecule has 7 nitrogen and oxygen atoms in total. The van der Waals surface area contributed by atoms with Crippen molar-refractivity contribution < 1.29 is 9.59 Å². The molecule has 0 radical (unpaired) electrons. The molecule has 4 rings (SSSR count). The Hall–Kier alpha value is -2.05. The van der Waals surface area contributed by atoms with Crippen LogP contribution in [-0.4, -0.2) is 76.1 Å². The zero-order valence-corrected chi connectivity index (χ0v) is 14.4. The molecule has 1 N–H and O–H groups in total. The predicted molar refractivity (Wildman–Crippen MR) is 88.8 cm³/mol. The molecular formula is C17H25N5O2. The summed E-state index contributed by atoms with van der Waals surface area (Å²) in [4.78, 5) is 30.5. The number of nitrogens with zero attached hydrogens (tertiary/aromatic N) is 4. The van der Waals surface area contributed by atoms with E-state index in [4.69, 9.17) is 0 Å². The molecule has 0 aliphatic carbocycles. The highest BCUT2D eigenvalue weighted by Crippen LogP contribution is 2.40. The number of aromatic nitrogens is 2. The van der Waals surface area contributed by atoms with Gasteiger partial charge in [-0.3, -0.25) is 9.89 Å². The maximum atomic E-state index is 12.5. The van der Waals surface area contributed by atoms with Crippen molar-refractivity contribution in [1.29, 1.82) is 0 Å². The Bertz CT molecular complexity index is 648. The van der Waals surface area contributed by atoms with Gasteiger partial charge in [-0.25, -0.2) is 4.79 Å². The topological polar surface area (TPSA) is 72.5 Å². The van der Waals surface area contributed by atoms with Gasteiger partial charge in [0, 0.05) is 50.4 Å². The van der Waals surface area contributed by atoms with Crippen LogP contribution in [0.5, 0.6) is 0 Å². The van der Waals surface area contributed by atoms with Gasteiger partial charge in [-0.15, -0.1) is 0 Å². The third-order valence-corrected chi connectivity index (χ3v) is 5.48. The molecule has 0 saturated carbocycles. The fourth-order valence-electron chi connectivity index (χ4n) is 4.02. The lowest BCUT2D eigenvalue weighted by Crippen LogP contribution is -2.74. The van der Waals surface area contributed by atoms with Crippen LogP contribution in [0.1, 0.15) is 48.8 Å². The number of H-pyrrole nitrogens is 1. The summed E-state index contributed by atoms with van der Waals surface area (Å²) in [6, 6.07) is 2.03. The Morgan fingerprint density at radius 3 is 2.29 bits per heavy atom. The summed E-state index contributed by atoms with van der Waals surface area (Å²) in [5.74, 6) is 0.326. The lowest BCUT2D eigenvalue weighted by Gasteiger charge is -2.60. The summed E-state index contributed by atoms with van der Waals surface area (Å²) in [5.41, 5.74) is 1.61. The molecule has 0 unspecified atom stereocenters. The monoisotopic (exact) mass is 331 g/mol. The average molecular weight is 331 g/mol. The van der Waals surface area contributed by atoms with Crippen molar-refractivity contribution in [3.63, 3.8) is 0 Å². The first kappa shape index (κ1) is 15.5. The van der Waals surface area contributed by atoms with Crippen LogP contribution in [0.25, 0.3) is 0 Å². The molecule has 1 aromatic heterocycles. The normalized spacial score (nSPS) is 22.0. The van der Waals surface area contributed by atoms with Gasteiger partial charge in [0.1, 0.15) is 5.69 Å². The van der Waals surface area contributed by atoms with Crippen LogP contribution in [0, 0.1) is 5.41 Å². The maximum Gasteiger partial charge on any atom is 0.320 e. The van der Waals surface area contributed by atoms with Crippen molar-refractivity contribution in [2.45, 2.75) is 32.6 Å². The number of carbonyl (C=O) groups is 2. The van der Waals surface area contributed by atoms with Crippen molar-refractivity contribution in [2.24, 2.45) is 5.41 Å². The minimum absolute atomic E-state index is 0.00639. The summed E-state index contributed by atoms with van der Waals surface area (Å²) in [6.07, 6.45) is 2.24. The molecule has 3 amide bonds. The highest BCUT2D eigenvalue weighted by Gasteiger charge is 2.55. The first-order valence-electron chi connectivity index (χ1n) is 8.86. The lowest BCUT2D eigenvalue weighted by molar-refractivity contribution is -0.0820. The Labute approximate surface area is 142 Å². The predicted octanol–water partition coefficient (Wildman–Crippen LogP) is 1.51. The SMILES string of the molecule is CC(C)c1cc(C(=O)N2CC3(C2)CN(C(=O)N2CCCC2)C3)n[nH]1. The summed E-state index contributed by atoms with van der Waals surface area (Å²) in [7, 11) is 0. The van der Waals surface area contributed by atoms with Crippen LogP contribution < -0.4 is 0 Å². The molecule has 7 heteroatoms. The summed E-state index contributed by atoms with van der Waals surface area (Å²) in [5, 5.41) is 7.08. The quantitative estimate of drug-likeness (QED) is 0.893. The van der Waals surface area contributed by atoms with Crippen molar-refractivity contribution in [3.05, 3.63) is 17.5 Å². The fraction of sp³-hybridized carbons (Fsp3) is 0.706. The van der Waals surface area contributed by atoms with E-state index >= 15 is 0 Å². The highest BCUT2D eigenvalue weighted by atomic mass is 16.2. The number of aromatic amines is 1. The number of hydrogen-bond acceptors (Lipinski definition) is 3. The summed E-state index contributed by atoms with van der Waals surface area (Å²) >= 11 is 0. The first-order valence-corrected chi connectivity index (χ1v) is 8.86. The van der Waals surface area contributed by atoms with Gasteiger partial charge in [-0.05, 0) is 24.8 Å². The third-order valence-electron chi connectivity index (χ3n) is 5.48. The second-order valence-corrected chi connectivity index (χ2v) is 7.86. The number of amides is 3.